The highest BCUT2D eigenvalue weighted by Gasteiger charge is 2.11. The van der Waals surface area contributed by atoms with Crippen LogP contribution in [0.3, 0.4) is 0 Å². The molecule has 2 aromatic rings. The molecule has 0 bridgehead atoms. The summed E-state index contributed by atoms with van der Waals surface area (Å²) in [5.41, 5.74) is 1.33. The summed E-state index contributed by atoms with van der Waals surface area (Å²) in [6.45, 7) is 1.86. The Morgan fingerprint density at radius 2 is 2.05 bits per heavy atom. The monoisotopic (exact) mass is 295 g/mol. The Balaban J connectivity index is 2.15. The first-order chi connectivity index (χ1) is 9.47. The molecule has 0 aliphatic rings. The van der Waals surface area contributed by atoms with E-state index in [1.165, 1.54) is 24.3 Å². The largest absolute Gasteiger partial charge is 0.486 e. The number of ether oxygens (including phenoxy) is 1. The summed E-state index contributed by atoms with van der Waals surface area (Å²) in [4.78, 5) is 10.1. The minimum absolute atomic E-state index is 0.0389. The molecule has 2 rings (SSSR count). The number of aryl methyl sites for hydroxylation is 1. The van der Waals surface area contributed by atoms with Gasteiger partial charge in [0.25, 0.3) is 5.69 Å². The molecule has 0 unspecified atom stereocenters. The second-order valence-corrected chi connectivity index (χ2v) is 4.66. The smallest absolute Gasteiger partial charge is 0.270 e. The lowest BCUT2D eigenvalue weighted by Gasteiger charge is -2.09. The molecular weight excluding hydrogens is 285 g/mol. The molecule has 0 aliphatic heterocycles. The Hall–Kier alpha value is -2.14. The highest BCUT2D eigenvalue weighted by Crippen LogP contribution is 2.25. The number of hydrogen-bond donors (Lipinski definition) is 0. The Morgan fingerprint density at radius 3 is 2.70 bits per heavy atom. The lowest BCUT2D eigenvalue weighted by Crippen LogP contribution is -1.99. The van der Waals surface area contributed by atoms with E-state index in [1.54, 1.807) is 12.1 Å². The molecule has 2 aromatic carbocycles. The van der Waals surface area contributed by atoms with Crippen LogP contribution in [0.4, 0.5) is 10.1 Å². The van der Waals surface area contributed by atoms with Gasteiger partial charge < -0.3 is 4.74 Å². The van der Waals surface area contributed by atoms with Crippen molar-refractivity contribution in [2.45, 2.75) is 13.5 Å². The maximum atomic E-state index is 13.5. The van der Waals surface area contributed by atoms with E-state index < -0.39 is 10.7 Å². The van der Waals surface area contributed by atoms with Gasteiger partial charge in [-0.2, -0.15) is 0 Å². The van der Waals surface area contributed by atoms with Gasteiger partial charge in [0.05, 0.1) is 9.95 Å². The molecule has 0 fully saturated rings. The molecular formula is C14H11ClFNO3. The highest BCUT2D eigenvalue weighted by atomic mass is 35.5. The number of hydrogen-bond acceptors (Lipinski definition) is 3. The molecule has 104 valence electrons. The van der Waals surface area contributed by atoms with Crippen LogP contribution < -0.4 is 4.74 Å². The average Bonchev–Trinajstić information content (AvgIpc) is 2.40. The first-order valence-electron chi connectivity index (χ1n) is 5.79. The van der Waals surface area contributed by atoms with E-state index in [9.17, 15) is 14.5 Å². The molecule has 4 nitrogen and oxygen atoms in total. The van der Waals surface area contributed by atoms with Crippen molar-refractivity contribution in [3.8, 4) is 5.75 Å². The van der Waals surface area contributed by atoms with Crippen LogP contribution in [0.5, 0.6) is 5.75 Å². The van der Waals surface area contributed by atoms with Gasteiger partial charge in [0.15, 0.2) is 11.6 Å². The van der Waals surface area contributed by atoms with Gasteiger partial charge >= 0.3 is 0 Å². The van der Waals surface area contributed by atoms with Crippen LogP contribution in [0.2, 0.25) is 5.02 Å². The minimum Gasteiger partial charge on any atom is -0.486 e. The summed E-state index contributed by atoms with van der Waals surface area (Å²) in [5, 5.41) is 10.8. The number of nitro groups is 1. The maximum absolute atomic E-state index is 13.5. The van der Waals surface area contributed by atoms with Gasteiger partial charge in [0.1, 0.15) is 6.61 Å². The predicted molar refractivity (Wildman–Crippen MR) is 73.6 cm³/mol. The van der Waals surface area contributed by atoms with Gasteiger partial charge in [-0.3, -0.25) is 10.1 Å². The van der Waals surface area contributed by atoms with Gasteiger partial charge in [0, 0.05) is 17.7 Å². The Bertz CT molecular complexity index is 661. The lowest BCUT2D eigenvalue weighted by molar-refractivity contribution is -0.384. The second kappa shape index (κ2) is 5.88. The molecule has 0 radical (unpaired) electrons. The lowest BCUT2D eigenvalue weighted by atomic mass is 10.2. The normalized spacial score (nSPS) is 10.3. The van der Waals surface area contributed by atoms with Crippen LogP contribution in [0.15, 0.2) is 36.4 Å². The molecule has 0 saturated heterocycles. The fraction of sp³-hybridized carbons (Fsp3) is 0.143. The third kappa shape index (κ3) is 3.24. The zero-order chi connectivity index (χ0) is 14.7. The van der Waals surface area contributed by atoms with E-state index in [4.69, 9.17) is 16.3 Å². The van der Waals surface area contributed by atoms with Crippen LogP contribution in [-0.2, 0) is 6.61 Å². The average molecular weight is 296 g/mol. The number of benzene rings is 2. The summed E-state index contributed by atoms with van der Waals surface area (Å²) < 4.78 is 18.9. The van der Waals surface area contributed by atoms with Crippen LogP contribution in [0.1, 0.15) is 11.1 Å². The van der Waals surface area contributed by atoms with Crippen molar-refractivity contribution in [2.24, 2.45) is 0 Å². The first kappa shape index (κ1) is 14.3. The molecule has 20 heavy (non-hydrogen) atoms. The van der Waals surface area contributed by atoms with Gasteiger partial charge in [-0.05, 0) is 30.7 Å². The third-order valence-electron chi connectivity index (χ3n) is 2.72. The van der Waals surface area contributed by atoms with E-state index >= 15 is 0 Å². The van der Waals surface area contributed by atoms with Crippen molar-refractivity contribution < 1.29 is 14.1 Å². The standard InChI is InChI=1S/C14H11ClFNO3/c1-9-2-5-13(16)14(6-9)20-8-10-3-4-11(17(18)19)7-12(10)15/h2-7H,8H2,1H3. The van der Waals surface area contributed by atoms with Crippen LogP contribution in [-0.4, -0.2) is 4.92 Å². The SMILES string of the molecule is Cc1ccc(F)c(OCc2ccc([N+](=O)[O-])cc2Cl)c1. The zero-order valence-corrected chi connectivity index (χ0v) is 11.4. The fourth-order valence-corrected chi connectivity index (χ4v) is 1.87. The molecule has 0 N–H and O–H groups in total. The molecule has 0 saturated carbocycles. The molecule has 0 atom stereocenters. The summed E-state index contributed by atoms with van der Waals surface area (Å²) in [6, 6.07) is 8.61. The van der Waals surface area contributed by atoms with Crippen molar-refractivity contribution >= 4 is 17.3 Å². The summed E-state index contributed by atoms with van der Waals surface area (Å²) in [6.07, 6.45) is 0. The summed E-state index contributed by atoms with van der Waals surface area (Å²) in [5.74, 6) is -0.340. The molecule has 0 spiro atoms. The van der Waals surface area contributed by atoms with Crippen molar-refractivity contribution in [2.75, 3.05) is 0 Å². The van der Waals surface area contributed by atoms with Gasteiger partial charge in [-0.15, -0.1) is 0 Å². The summed E-state index contributed by atoms with van der Waals surface area (Å²) >= 11 is 5.93. The second-order valence-electron chi connectivity index (χ2n) is 4.26. The van der Waals surface area contributed by atoms with Crippen molar-refractivity contribution in [1.82, 2.24) is 0 Å². The topological polar surface area (TPSA) is 52.4 Å². The van der Waals surface area contributed by atoms with Crippen LogP contribution in [0.25, 0.3) is 0 Å². The van der Waals surface area contributed by atoms with Crippen molar-refractivity contribution in [1.29, 1.82) is 0 Å². The van der Waals surface area contributed by atoms with E-state index in [1.807, 2.05) is 6.92 Å². The first-order valence-corrected chi connectivity index (χ1v) is 6.17. The number of nitro benzene ring substituents is 1. The zero-order valence-electron chi connectivity index (χ0n) is 10.6. The van der Waals surface area contributed by atoms with E-state index in [2.05, 4.69) is 0 Å². The van der Waals surface area contributed by atoms with Gasteiger partial charge in [-0.1, -0.05) is 17.7 Å². The molecule has 0 aromatic heterocycles. The van der Waals surface area contributed by atoms with Gasteiger partial charge in [0.2, 0.25) is 0 Å². The van der Waals surface area contributed by atoms with Gasteiger partial charge in [-0.25, -0.2) is 4.39 Å². The van der Waals surface area contributed by atoms with Crippen molar-refractivity contribution in [3.63, 3.8) is 0 Å². The highest BCUT2D eigenvalue weighted by molar-refractivity contribution is 6.31. The Morgan fingerprint density at radius 1 is 1.30 bits per heavy atom. The third-order valence-corrected chi connectivity index (χ3v) is 3.07. The Kier molecular flexibility index (Phi) is 4.20. The molecule has 0 heterocycles. The minimum atomic E-state index is -0.531. The van der Waals surface area contributed by atoms with E-state index in [-0.39, 0.29) is 23.1 Å². The molecule has 0 amide bonds. The van der Waals surface area contributed by atoms with E-state index in [0.29, 0.717) is 5.56 Å². The predicted octanol–water partition coefficient (Wildman–Crippen LogP) is 4.27. The number of non-ortho nitro benzene ring substituents is 1. The number of rotatable bonds is 4. The number of nitrogens with zero attached hydrogens (tertiary/aromatic N) is 1. The molecule has 0 aliphatic carbocycles. The molecule has 6 heteroatoms. The van der Waals surface area contributed by atoms with E-state index in [0.717, 1.165) is 5.56 Å². The van der Waals surface area contributed by atoms with Crippen LogP contribution in [0, 0.1) is 22.9 Å². The van der Waals surface area contributed by atoms with Crippen molar-refractivity contribution in [3.05, 3.63) is 68.5 Å². The summed E-state index contributed by atoms with van der Waals surface area (Å²) in [7, 11) is 0. The fourth-order valence-electron chi connectivity index (χ4n) is 1.64. The van der Waals surface area contributed by atoms with Crippen LogP contribution >= 0.6 is 11.6 Å². The Labute approximate surface area is 119 Å². The maximum Gasteiger partial charge on any atom is 0.270 e. The quantitative estimate of drug-likeness (QED) is 0.625. The number of halogens is 2.